The van der Waals surface area contributed by atoms with E-state index in [-0.39, 0.29) is 23.9 Å². The van der Waals surface area contributed by atoms with Crippen LogP contribution in [0.5, 0.6) is 0 Å². The second kappa shape index (κ2) is 7.22. The third-order valence-corrected chi connectivity index (χ3v) is 4.94. The second-order valence-corrected chi connectivity index (χ2v) is 6.61. The summed E-state index contributed by atoms with van der Waals surface area (Å²) in [4.78, 5) is 38.5. The molecule has 25 heavy (non-hydrogen) atoms. The Morgan fingerprint density at radius 3 is 2.68 bits per heavy atom. The van der Waals surface area contributed by atoms with Crippen molar-refractivity contribution in [3.8, 4) is 0 Å². The number of carboxylic acids is 1. The number of aliphatic carboxylic acids is 1. The number of anilines is 1. The first kappa shape index (κ1) is 17.4. The molecule has 9 heteroatoms. The maximum absolute atomic E-state index is 12.1. The Labute approximate surface area is 145 Å². The van der Waals surface area contributed by atoms with Gasteiger partial charge in [-0.25, -0.2) is 9.48 Å². The molecule has 2 aliphatic heterocycles. The molecule has 0 saturated carbocycles. The zero-order valence-corrected chi connectivity index (χ0v) is 14.2. The fourth-order valence-electron chi connectivity index (χ4n) is 3.43. The Kier molecular flexibility index (Phi) is 5.03. The molecule has 1 unspecified atom stereocenters. The maximum atomic E-state index is 12.1. The van der Waals surface area contributed by atoms with E-state index >= 15 is 0 Å². The van der Waals surface area contributed by atoms with Gasteiger partial charge in [-0.2, -0.15) is 5.10 Å². The van der Waals surface area contributed by atoms with Crippen LogP contribution in [-0.4, -0.2) is 70.4 Å². The predicted molar refractivity (Wildman–Crippen MR) is 90.4 cm³/mol. The van der Waals surface area contributed by atoms with Crippen LogP contribution in [0.2, 0.25) is 0 Å². The molecule has 0 bridgehead atoms. The minimum atomic E-state index is -0.965. The molecule has 2 N–H and O–H groups in total. The fourth-order valence-corrected chi connectivity index (χ4v) is 3.43. The number of nitrogens with one attached hydrogen (secondary N) is 1. The van der Waals surface area contributed by atoms with E-state index in [0.29, 0.717) is 13.1 Å². The molecule has 1 atom stereocenters. The summed E-state index contributed by atoms with van der Waals surface area (Å²) >= 11 is 0. The number of piperazine rings is 1. The summed E-state index contributed by atoms with van der Waals surface area (Å²) in [6.45, 7) is 2.51. The van der Waals surface area contributed by atoms with Crippen LogP contribution in [0.4, 0.5) is 5.82 Å². The van der Waals surface area contributed by atoms with Crippen molar-refractivity contribution in [1.29, 1.82) is 0 Å². The fraction of sp³-hybridized carbons (Fsp3) is 0.625. The van der Waals surface area contributed by atoms with Crippen LogP contribution in [-0.2, 0) is 16.6 Å². The van der Waals surface area contributed by atoms with Crippen LogP contribution in [0.25, 0.3) is 0 Å². The monoisotopic (exact) mass is 349 g/mol. The van der Waals surface area contributed by atoms with Gasteiger partial charge in [0.1, 0.15) is 11.9 Å². The lowest BCUT2D eigenvalue weighted by molar-refractivity contribution is -0.152. The molecule has 1 aromatic rings. The van der Waals surface area contributed by atoms with Crippen LogP contribution in [0.3, 0.4) is 0 Å². The Bertz CT molecular complexity index is 711. The highest BCUT2D eigenvalue weighted by Gasteiger charge is 2.35. The van der Waals surface area contributed by atoms with Crippen molar-refractivity contribution in [3.63, 3.8) is 0 Å². The summed E-state index contributed by atoms with van der Waals surface area (Å²) in [5.41, 5.74) is -0.143. The summed E-state index contributed by atoms with van der Waals surface area (Å²) in [7, 11) is 1.63. The summed E-state index contributed by atoms with van der Waals surface area (Å²) < 4.78 is 1.32. The van der Waals surface area contributed by atoms with Crippen molar-refractivity contribution in [2.24, 2.45) is 13.0 Å². The molecule has 0 radical (unpaired) electrons. The van der Waals surface area contributed by atoms with E-state index in [1.165, 1.54) is 15.6 Å². The van der Waals surface area contributed by atoms with Gasteiger partial charge in [0, 0.05) is 39.3 Å². The summed E-state index contributed by atoms with van der Waals surface area (Å²) in [5, 5.41) is 16.4. The zero-order valence-electron chi connectivity index (χ0n) is 14.2. The Morgan fingerprint density at radius 1 is 1.32 bits per heavy atom. The highest BCUT2D eigenvalue weighted by atomic mass is 16.4. The number of hydrogen-bond donors (Lipinski definition) is 2. The number of amides is 1. The smallest absolute Gasteiger partial charge is 0.327 e. The van der Waals surface area contributed by atoms with Crippen LogP contribution in [0.1, 0.15) is 12.8 Å². The number of carbonyl (C=O) groups excluding carboxylic acids is 1. The quantitative estimate of drug-likeness (QED) is 0.709. The van der Waals surface area contributed by atoms with E-state index in [1.54, 1.807) is 13.1 Å². The number of hydrogen-bond acceptors (Lipinski definition) is 6. The van der Waals surface area contributed by atoms with E-state index in [1.807, 2.05) is 0 Å². The molecule has 3 rings (SSSR count). The number of rotatable bonds is 4. The number of aromatic nitrogens is 2. The van der Waals surface area contributed by atoms with Crippen molar-refractivity contribution in [3.05, 3.63) is 22.5 Å². The first-order valence-electron chi connectivity index (χ1n) is 8.48. The Morgan fingerprint density at radius 2 is 2.04 bits per heavy atom. The van der Waals surface area contributed by atoms with E-state index < -0.39 is 12.0 Å². The third kappa shape index (κ3) is 3.81. The molecule has 1 aromatic heterocycles. The largest absolute Gasteiger partial charge is 0.480 e. The molecule has 2 fully saturated rings. The normalized spacial score (nSPS) is 22.3. The average Bonchev–Trinajstić information content (AvgIpc) is 2.59. The Balaban J connectivity index is 1.60. The lowest BCUT2D eigenvalue weighted by Crippen LogP contribution is -2.59. The minimum absolute atomic E-state index is 0.143. The van der Waals surface area contributed by atoms with E-state index in [9.17, 15) is 19.5 Å². The number of carbonyl (C=O) groups is 2. The molecule has 136 valence electrons. The van der Waals surface area contributed by atoms with Gasteiger partial charge >= 0.3 is 5.97 Å². The predicted octanol–water partition coefficient (Wildman–Crippen LogP) is -1.12. The molecule has 9 nitrogen and oxygen atoms in total. The molecule has 3 heterocycles. The van der Waals surface area contributed by atoms with E-state index in [2.05, 4.69) is 15.3 Å². The number of carboxylic acid groups (broad SMARTS) is 1. The van der Waals surface area contributed by atoms with Gasteiger partial charge in [0.15, 0.2) is 0 Å². The molecule has 0 aliphatic carbocycles. The summed E-state index contributed by atoms with van der Waals surface area (Å²) in [6.07, 6.45) is 1.71. The first-order chi connectivity index (χ1) is 12.0. The standard InChI is InChI=1S/C16H23N5O4/c1-19-14(22)3-2-13(18-19)20-6-4-11(5-7-20)10-21-12(16(24)25)8-17-9-15(21)23/h2-3,11-12,17H,4-10H2,1H3,(H,24,25). The molecule has 2 aliphatic rings. The van der Waals surface area contributed by atoms with Crippen LogP contribution >= 0.6 is 0 Å². The van der Waals surface area contributed by atoms with E-state index in [4.69, 9.17) is 0 Å². The minimum Gasteiger partial charge on any atom is -0.480 e. The van der Waals surface area contributed by atoms with Gasteiger partial charge in [-0.15, -0.1) is 0 Å². The molecule has 1 amide bonds. The van der Waals surface area contributed by atoms with Gasteiger partial charge in [0.2, 0.25) is 5.91 Å². The average molecular weight is 349 g/mol. The summed E-state index contributed by atoms with van der Waals surface area (Å²) in [6, 6.07) is 2.44. The SMILES string of the molecule is Cn1nc(N2CCC(CN3C(=O)CNCC3C(=O)O)CC2)ccc1=O. The van der Waals surface area contributed by atoms with Crippen molar-refractivity contribution in [2.75, 3.05) is 37.6 Å². The third-order valence-electron chi connectivity index (χ3n) is 4.94. The van der Waals surface area contributed by atoms with Crippen molar-refractivity contribution in [1.82, 2.24) is 20.0 Å². The molecule has 0 spiro atoms. The maximum Gasteiger partial charge on any atom is 0.327 e. The van der Waals surface area contributed by atoms with Crippen LogP contribution in [0.15, 0.2) is 16.9 Å². The summed E-state index contributed by atoms with van der Waals surface area (Å²) in [5.74, 6) is -0.0805. The van der Waals surface area contributed by atoms with Gasteiger partial charge in [0.05, 0.1) is 6.54 Å². The number of aryl methyl sites for hydroxylation is 1. The lowest BCUT2D eigenvalue weighted by Gasteiger charge is -2.39. The van der Waals surface area contributed by atoms with Gasteiger partial charge in [-0.1, -0.05) is 0 Å². The number of nitrogens with zero attached hydrogens (tertiary/aromatic N) is 4. The van der Waals surface area contributed by atoms with E-state index in [0.717, 1.165) is 31.7 Å². The topological polar surface area (TPSA) is 108 Å². The lowest BCUT2D eigenvalue weighted by atomic mass is 9.95. The van der Waals surface area contributed by atoms with Crippen molar-refractivity contribution < 1.29 is 14.7 Å². The Hall–Kier alpha value is -2.42. The number of piperidine rings is 1. The van der Waals surface area contributed by atoms with Gasteiger partial charge in [-0.05, 0) is 24.8 Å². The zero-order chi connectivity index (χ0) is 18.0. The molecular weight excluding hydrogens is 326 g/mol. The highest BCUT2D eigenvalue weighted by Crippen LogP contribution is 2.23. The van der Waals surface area contributed by atoms with Gasteiger partial charge in [-0.3, -0.25) is 9.59 Å². The molecular formula is C16H23N5O4. The van der Waals surface area contributed by atoms with Crippen LogP contribution in [0, 0.1) is 5.92 Å². The molecule has 0 aromatic carbocycles. The second-order valence-electron chi connectivity index (χ2n) is 6.61. The molecule has 2 saturated heterocycles. The van der Waals surface area contributed by atoms with Gasteiger partial charge < -0.3 is 20.2 Å². The first-order valence-corrected chi connectivity index (χ1v) is 8.48. The highest BCUT2D eigenvalue weighted by molar-refractivity contribution is 5.86. The van der Waals surface area contributed by atoms with Crippen molar-refractivity contribution in [2.45, 2.75) is 18.9 Å². The van der Waals surface area contributed by atoms with Crippen molar-refractivity contribution >= 4 is 17.7 Å². The van der Waals surface area contributed by atoms with Gasteiger partial charge in [0.25, 0.3) is 5.56 Å². The van der Waals surface area contributed by atoms with Crippen LogP contribution < -0.4 is 15.8 Å².